The van der Waals surface area contributed by atoms with Crippen LogP contribution < -0.4 is 0 Å². The van der Waals surface area contributed by atoms with E-state index in [9.17, 15) is 4.79 Å². The van der Waals surface area contributed by atoms with Gasteiger partial charge in [-0.2, -0.15) is 5.10 Å². The molecule has 4 heterocycles. The molecule has 25 heavy (non-hydrogen) atoms. The van der Waals surface area contributed by atoms with Gasteiger partial charge < -0.3 is 9.64 Å². The normalized spacial score (nSPS) is 27.1. The van der Waals surface area contributed by atoms with Crippen molar-refractivity contribution in [3.8, 4) is 0 Å². The Bertz CT molecular complexity index is 590. The van der Waals surface area contributed by atoms with E-state index in [0.717, 1.165) is 65.0 Å². The summed E-state index contributed by atoms with van der Waals surface area (Å²) in [5, 5.41) is 4.26. The van der Waals surface area contributed by atoms with Gasteiger partial charge in [0.1, 0.15) is 6.10 Å². The monoisotopic (exact) mass is 346 g/mol. The Hall–Kier alpha value is -1.40. The number of aryl methyl sites for hydroxylation is 1. The molecule has 0 unspecified atom stereocenters. The average Bonchev–Trinajstić information content (AvgIpc) is 3.29. The molecule has 0 aliphatic carbocycles. The first-order valence-electron chi connectivity index (χ1n) is 9.74. The molecule has 1 aromatic heterocycles. The maximum absolute atomic E-state index is 12.5. The lowest BCUT2D eigenvalue weighted by atomic mass is 9.73. The van der Waals surface area contributed by atoms with Crippen LogP contribution in [-0.2, 0) is 23.1 Å². The quantitative estimate of drug-likeness (QED) is 0.837. The Labute approximate surface area is 150 Å². The Kier molecular flexibility index (Phi) is 4.82. The third-order valence-electron chi connectivity index (χ3n) is 6.30. The Morgan fingerprint density at radius 2 is 2.00 bits per heavy atom. The second-order valence-corrected chi connectivity index (χ2v) is 8.17. The van der Waals surface area contributed by atoms with Crippen LogP contribution in [0.1, 0.15) is 44.1 Å². The average molecular weight is 346 g/mol. The molecule has 0 aromatic carbocycles. The topological polar surface area (TPSA) is 50.6 Å². The molecule has 3 fully saturated rings. The highest BCUT2D eigenvalue weighted by molar-refractivity contribution is 5.81. The van der Waals surface area contributed by atoms with Crippen LogP contribution in [0.25, 0.3) is 0 Å². The third-order valence-corrected chi connectivity index (χ3v) is 6.30. The molecule has 6 nitrogen and oxygen atoms in total. The van der Waals surface area contributed by atoms with Crippen molar-refractivity contribution in [2.24, 2.45) is 12.5 Å². The molecule has 0 radical (unpaired) electrons. The minimum atomic E-state index is -0.183. The Balaban J connectivity index is 1.25. The molecule has 1 amide bonds. The summed E-state index contributed by atoms with van der Waals surface area (Å²) < 4.78 is 7.95. The van der Waals surface area contributed by atoms with Crippen LogP contribution in [0.4, 0.5) is 0 Å². The first kappa shape index (κ1) is 17.0. The van der Waals surface area contributed by atoms with E-state index in [1.54, 1.807) is 0 Å². The standard InChI is InChI=1S/C19H30N4O2/c1-21-13-16(12-20-21)14-22-10-6-19(7-11-22)5-4-17(25-15-19)18(24)23-8-2-3-9-23/h12-13,17H,2-11,14-15H2,1H3/t17-/m0/s1. The van der Waals surface area contributed by atoms with E-state index in [1.807, 2.05) is 22.8 Å². The van der Waals surface area contributed by atoms with Crippen LogP contribution in [0, 0.1) is 5.41 Å². The lowest BCUT2D eigenvalue weighted by Crippen LogP contribution is -2.49. The number of rotatable bonds is 3. The van der Waals surface area contributed by atoms with Gasteiger partial charge in [-0.3, -0.25) is 14.4 Å². The number of hydrogen-bond acceptors (Lipinski definition) is 4. The van der Waals surface area contributed by atoms with Gasteiger partial charge in [-0.15, -0.1) is 0 Å². The van der Waals surface area contributed by atoms with E-state index in [0.29, 0.717) is 5.41 Å². The van der Waals surface area contributed by atoms with Gasteiger partial charge in [0.25, 0.3) is 5.91 Å². The summed E-state index contributed by atoms with van der Waals surface area (Å²) >= 11 is 0. The van der Waals surface area contributed by atoms with Gasteiger partial charge in [-0.25, -0.2) is 0 Å². The summed E-state index contributed by atoms with van der Waals surface area (Å²) in [6.45, 7) is 5.82. The van der Waals surface area contributed by atoms with Gasteiger partial charge in [0, 0.05) is 38.4 Å². The van der Waals surface area contributed by atoms with Crippen molar-refractivity contribution in [3.63, 3.8) is 0 Å². The van der Waals surface area contributed by atoms with Crippen molar-refractivity contribution >= 4 is 5.91 Å². The highest BCUT2D eigenvalue weighted by Gasteiger charge is 2.41. The van der Waals surface area contributed by atoms with Gasteiger partial charge in [-0.05, 0) is 57.0 Å². The van der Waals surface area contributed by atoms with Gasteiger partial charge in [0.2, 0.25) is 0 Å². The van der Waals surface area contributed by atoms with Gasteiger partial charge in [0.05, 0.1) is 12.8 Å². The molecule has 3 saturated heterocycles. The number of likely N-dealkylation sites (tertiary alicyclic amines) is 2. The molecule has 138 valence electrons. The summed E-state index contributed by atoms with van der Waals surface area (Å²) in [6, 6.07) is 0. The fraction of sp³-hybridized carbons (Fsp3) is 0.789. The summed E-state index contributed by atoms with van der Waals surface area (Å²) in [5.41, 5.74) is 1.59. The minimum absolute atomic E-state index is 0.183. The van der Waals surface area contributed by atoms with Crippen LogP contribution in [0.15, 0.2) is 12.4 Å². The molecule has 3 aliphatic rings. The summed E-state index contributed by atoms with van der Waals surface area (Å²) in [6.07, 6.45) is 10.6. The number of nitrogens with zero attached hydrogens (tertiary/aromatic N) is 4. The minimum Gasteiger partial charge on any atom is -0.368 e. The van der Waals surface area contributed by atoms with Crippen LogP contribution >= 0.6 is 0 Å². The zero-order chi connectivity index (χ0) is 17.3. The fourth-order valence-corrected chi connectivity index (χ4v) is 4.60. The Morgan fingerprint density at radius 1 is 1.24 bits per heavy atom. The highest BCUT2D eigenvalue weighted by Crippen LogP contribution is 2.41. The van der Waals surface area contributed by atoms with Gasteiger partial charge in [-0.1, -0.05) is 0 Å². The molecule has 1 spiro atoms. The molecule has 1 atom stereocenters. The number of piperidine rings is 1. The van der Waals surface area contributed by atoms with Crippen molar-refractivity contribution in [2.75, 3.05) is 32.8 Å². The fourth-order valence-electron chi connectivity index (χ4n) is 4.60. The highest BCUT2D eigenvalue weighted by atomic mass is 16.5. The largest absolute Gasteiger partial charge is 0.368 e. The van der Waals surface area contributed by atoms with Crippen LogP contribution in [0.2, 0.25) is 0 Å². The second-order valence-electron chi connectivity index (χ2n) is 8.17. The predicted molar refractivity (Wildman–Crippen MR) is 94.9 cm³/mol. The van der Waals surface area contributed by atoms with E-state index in [4.69, 9.17) is 4.74 Å². The maximum atomic E-state index is 12.5. The summed E-state index contributed by atoms with van der Waals surface area (Å²) in [7, 11) is 1.97. The SMILES string of the molecule is Cn1cc(CN2CCC3(CC[C@@H](C(=O)N4CCCC4)OC3)CC2)cn1. The number of amides is 1. The van der Waals surface area contributed by atoms with Crippen LogP contribution in [-0.4, -0.2) is 64.4 Å². The van der Waals surface area contributed by atoms with Crippen molar-refractivity contribution in [2.45, 2.75) is 51.2 Å². The third kappa shape index (κ3) is 3.75. The number of ether oxygens (including phenoxy) is 1. The zero-order valence-corrected chi connectivity index (χ0v) is 15.3. The molecule has 3 aliphatic heterocycles. The van der Waals surface area contributed by atoms with Crippen molar-refractivity contribution in [1.29, 1.82) is 0 Å². The molecular weight excluding hydrogens is 316 g/mol. The van der Waals surface area contributed by atoms with E-state index < -0.39 is 0 Å². The Morgan fingerprint density at radius 3 is 2.60 bits per heavy atom. The lowest BCUT2D eigenvalue weighted by Gasteiger charge is -2.45. The van der Waals surface area contributed by atoms with E-state index in [2.05, 4.69) is 16.2 Å². The molecular formula is C19H30N4O2. The number of hydrogen-bond donors (Lipinski definition) is 0. The molecule has 0 N–H and O–H groups in total. The number of carbonyl (C=O) groups excluding carboxylic acids is 1. The van der Waals surface area contributed by atoms with E-state index in [-0.39, 0.29) is 12.0 Å². The van der Waals surface area contributed by atoms with Gasteiger partial charge in [0.15, 0.2) is 0 Å². The zero-order valence-electron chi connectivity index (χ0n) is 15.3. The summed E-state index contributed by atoms with van der Waals surface area (Å²) in [5.74, 6) is 0.237. The second kappa shape index (κ2) is 7.08. The molecule has 0 saturated carbocycles. The van der Waals surface area contributed by atoms with Crippen molar-refractivity contribution < 1.29 is 9.53 Å². The lowest BCUT2D eigenvalue weighted by molar-refractivity contribution is -0.154. The van der Waals surface area contributed by atoms with Crippen molar-refractivity contribution in [1.82, 2.24) is 19.6 Å². The van der Waals surface area contributed by atoms with Crippen molar-refractivity contribution in [3.05, 3.63) is 18.0 Å². The maximum Gasteiger partial charge on any atom is 0.251 e. The number of aromatic nitrogens is 2. The first-order chi connectivity index (χ1) is 12.1. The molecule has 4 rings (SSSR count). The van der Waals surface area contributed by atoms with Crippen LogP contribution in [0.5, 0.6) is 0 Å². The predicted octanol–water partition coefficient (Wildman–Crippen LogP) is 1.80. The molecule has 1 aromatic rings. The summed E-state index contributed by atoms with van der Waals surface area (Å²) in [4.78, 5) is 17.0. The first-order valence-corrected chi connectivity index (χ1v) is 9.74. The van der Waals surface area contributed by atoms with E-state index >= 15 is 0 Å². The molecule has 6 heteroatoms. The molecule has 0 bridgehead atoms. The number of carbonyl (C=O) groups is 1. The van der Waals surface area contributed by atoms with Crippen LogP contribution in [0.3, 0.4) is 0 Å². The smallest absolute Gasteiger partial charge is 0.251 e. The van der Waals surface area contributed by atoms with Gasteiger partial charge >= 0.3 is 0 Å². The van der Waals surface area contributed by atoms with E-state index in [1.165, 1.54) is 18.4 Å².